The maximum absolute atomic E-state index is 12.4. The Kier molecular flexibility index (Phi) is 4.56. The predicted molar refractivity (Wildman–Crippen MR) is 91.1 cm³/mol. The highest BCUT2D eigenvalue weighted by atomic mass is 16.6. The molecule has 2 aromatic carbocycles. The smallest absolute Gasteiger partial charge is 0.273 e. The van der Waals surface area contributed by atoms with E-state index in [0.717, 1.165) is 5.56 Å². The van der Waals surface area contributed by atoms with Crippen molar-refractivity contribution in [1.82, 2.24) is 5.32 Å². The van der Waals surface area contributed by atoms with Crippen LogP contribution < -0.4 is 14.8 Å². The van der Waals surface area contributed by atoms with E-state index in [1.54, 1.807) is 19.1 Å². The van der Waals surface area contributed by atoms with Crippen molar-refractivity contribution in [3.63, 3.8) is 0 Å². The van der Waals surface area contributed by atoms with Gasteiger partial charge in [0.1, 0.15) is 13.2 Å². The van der Waals surface area contributed by atoms with Gasteiger partial charge in [0.2, 0.25) is 0 Å². The number of fused-ring (bicyclic) bond motifs is 1. The summed E-state index contributed by atoms with van der Waals surface area (Å²) in [7, 11) is 0. The van der Waals surface area contributed by atoms with Gasteiger partial charge in [0, 0.05) is 17.2 Å². The number of nitrogens with zero attached hydrogens (tertiary/aromatic N) is 1. The average molecular weight is 342 g/mol. The second-order valence-corrected chi connectivity index (χ2v) is 5.86. The highest BCUT2D eigenvalue weighted by molar-refractivity contribution is 5.95. The first-order valence-corrected chi connectivity index (χ1v) is 7.91. The van der Waals surface area contributed by atoms with Gasteiger partial charge in [-0.3, -0.25) is 14.9 Å². The van der Waals surface area contributed by atoms with E-state index < -0.39 is 4.92 Å². The fourth-order valence-electron chi connectivity index (χ4n) is 2.64. The van der Waals surface area contributed by atoms with Crippen molar-refractivity contribution in [2.75, 3.05) is 13.2 Å². The van der Waals surface area contributed by atoms with Crippen LogP contribution in [0.5, 0.6) is 11.5 Å². The molecule has 2 aromatic rings. The molecular weight excluding hydrogens is 324 g/mol. The lowest BCUT2D eigenvalue weighted by Crippen LogP contribution is -2.27. The van der Waals surface area contributed by atoms with Crippen molar-refractivity contribution < 1.29 is 19.2 Å². The molecule has 7 heteroatoms. The molecular formula is C18H18N2O5. The molecule has 3 rings (SSSR count). The van der Waals surface area contributed by atoms with Crippen LogP contribution in [0.25, 0.3) is 0 Å². The van der Waals surface area contributed by atoms with E-state index in [1.165, 1.54) is 6.07 Å². The minimum absolute atomic E-state index is 0.0698. The Hall–Kier alpha value is -3.09. The molecule has 0 spiro atoms. The van der Waals surface area contributed by atoms with Gasteiger partial charge in [-0.1, -0.05) is 12.1 Å². The summed E-state index contributed by atoms with van der Waals surface area (Å²) in [6.07, 6.45) is 0. The number of nitro benzene ring substituents is 1. The molecule has 0 aliphatic carbocycles. The van der Waals surface area contributed by atoms with E-state index in [1.807, 2.05) is 25.1 Å². The van der Waals surface area contributed by atoms with Crippen LogP contribution >= 0.6 is 0 Å². The number of rotatable bonds is 4. The van der Waals surface area contributed by atoms with E-state index in [4.69, 9.17) is 9.47 Å². The Morgan fingerprint density at radius 2 is 1.88 bits per heavy atom. The second-order valence-electron chi connectivity index (χ2n) is 5.86. The van der Waals surface area contributed by atoms with Gasteiger partial charge in [-0.25, -0.2) is 0 Å². The maximum atomic E-state index is 12.4. The number of amides is 1. The summed E-state index contributed by atoms with van der Waals surface area (Å²) in [5, 5.41) is 13.9. The average Bonchev–Trinajstić information content (AvgIpc) is 2.61. The number of hydrogen-bond donors (Lipinski definition) is 1. The first-order chi connectivity index (χ1) is 12.0. The summed E-state index contributed by atoms with van der Waals surface area (Å²) in [6.45, 7) is 4.48. The van der Waals surface area contributed by atoms with Gasteiger partial charge in [-0.2, -0.15) is 0 Å². The van der Waals surface area contributed by atoms with Crippen molar-refractivity contribution in [1.29, 1.82) is 0 Å². The molecule has 0 unspecified atom stereocenters. The van der Waals surface area contributed by atoms with Gasteiger partial charge in [-0.15, -0.1) is 0 Å². The van der Waals surface area contributed by atoms with Crippen molar-refractivity contribution >= 4 is 11.6 Å². The number of ether oxygens (including phenoxy) is 2. The lowest BCUT2D eigenvalue weighted by atomic mass is 10.1. The highest BCUT2D eigenvalue weighted by Crippen LogP contribution is 2.32. The molecule has 0 aromatic heterocycles. The van der Waals surface area contributed by atoms with Gasteiger partial charge >= 0.3 is 0 Å². The fraction of sp³-hybridized carbons (Fsp3) is 0.278. The number of nitro groups is 1. The number of benzene rings is 2. The van der Waals surface area contributed by atoms with E-state index in [2.05, 4.69) is 5.32 Å². The second kappa shape index (κ2) is 6.80. The summed E-state index contributed by atoms with van der Waals surface area (Å²) in [4.78, 5) is 22.9. The van der Waals surface area contributed by atoms with E-state index >= 15 is 0 Å². The van der Waals surface area contributed by atoms with Crippen molar-refractivity contribution in [3.05, 3.63) is 63.2 Å². The standard InChI is InChI=1S/C18H18N2O5/c1-11-3-4-14(9-15(11)20(22)23)18(21)19-12(2)13-5-6-16-17(10-13)25-8-7-24-16/h3-6,9-10,12H,7-8H2,1-2H3,(H,19,21)/t12-/m0/s1. The largest absolute Gasteiger partial charge is 0.486 e. The summed E-state index contributed by atoms with van der Waals surface area (Å²) >= 11 is 0. The Labute approximate surface area is 144 Å². The Morgan fingerprint density at radius 3 is 2.60 bits per heavy atom. The Morgan fingerprint density at radius 1 is 1.16 bits per heavy atom. The zero-order valence-corrected chi connectivity index (χ0v) is 13.9. The zero-order chi connectivity index (χ0) is 18.0. The lowest BCUT2D eigenvalue weighted by Gasteiger charge is -2.21. The van der Waals surface area contributed by atoms with Crippen molar-refractivity contribution in [2.24, 2.45) is 0 Å². The van der Waals surface area contributed by atoms with Crippen LogP contribution in [0.2, 0.25) is 0 Å². The molecule has 1 heterocycles. The van der Waals surface area contributed by atoms with Gasteiger partial charge in [0.25, 0.3) is 11.6 Å². The van der Waals surface area contributed by atoms with Gasteiger partial charge in [-0.05, 0) is 37.6 Å². The SMILES string of the molecule is Cc1ccc(C(=O)N[C@@H](C)c2ccc3c(c2)OCCO3)cc1[N+](=O)[O-]. The minimum atomic E-state index is -0.490. The zero-order valence-electron chi connectivity index (χ0n) is 13.9. The molecule has 1 N–H and O–H groups in total. The minimum Gasteiger partial charge on any atom is -0.486 e. The van der Waals surface area contributed by atoms with Crippen LogP contribution in [0, 0.1) is 17.0 Å². The topological polar surface area (TPSA) is 90.7 Å². The number of nitrogens with one attached hydrogen (secondary N) is 1. The van der Waals surface area contributed by atoms with Crippen LogP contribution in [0.1, 0.15) is 34.5 Å². The molecule has 1 amide bonds. The van der Waals surface area contributed by atoms with Crippen molar-refractivity contribution in [2.45, 2.75) is 19.9 Å². The van der Waals surface area contributed by atoms with Gasteiger partial charge in [0.15, 0.2) is 11.5 Å². The normalized spacial score (nSPS) is 13.8. The van der Waals surface area contributed by atoms with Crippen LogP contribution in [0.4, 0.5) is 5.69 Å². The Balaban J connectivity index is 1.76. The van der Waals surface area contributed by atoms with E-state index in [0.29, 0.717) is 30.3 Å². The molecule has 1 aliphatic heterocycles. The third-order valence-corrected chi connectivity index (χ3v) is 4.08. The first kappa shape index (κ1) is 16.8. The number of carbonyl (C=O) groups excluding carboxylic acids is 1. The summed E-state index contributed by atoms with van der Waals surface area (Å²) < 4.78 is 11.0. The molecule has 0 saturated heterocycles. The summed E-state index contributed by atoms with van der Waals surface area (Å²) in [5.74, 6) is 0.962. The van der Waals surface area contributed by atoms with Crippen LogP contribution in [-0.2, 0) is 0 Å². The summed E-state index contributed by atoms with van der Waals surface area (Å²) in [6, 6.07) is 9.65. The van der Waals surface area contributed by atoms with E-state index in [-0.39, 0.29) is 23.2 Å². The lowest BCUT2D eigenvalue weighted by molar-refractivity contribution is -0.385. The molecule has 0 fully saturated rings. The van der Waals surface area contributed by atoms with Crippen LogP contribution in [0.15, 0.2) is 36.4 Å². The molecule has 1 aliphatic rings. The molecule has 0 bridgehead atoms. The third-order valence-electron chi connectivity index (χ3n) is 4.08. The first-order valence-electron chi connectivity index (χ1n) is 7.91. The van der Waals surface area contributed by atoms with E-state index in [9.17, 15) is 14.9 Å². The number of hydrogen-bond acceptors (Lipinski definition) is 5. The van der Waals surface area contributed by atoms with Crippen LogP contribution in [-0.4, -0.2) is 24.0 Å². The molecule has 0 saturated carbocycles. The molecule has 0 radical (unpaired) electrons. The third kappa shape index (κ3) is 3.55. The summed E-state index contributed by atoms with van der Waals surface area (Å²) in [5.41, 5.74) is 1.56. The number of aryl methyl sites for hydroxylation is 1. The molecule has 130 valence electrons. The molecule has 1 atom stereocenters. The van der Waals surface area contributed by atoms with Crippen molar-refractivity contribution in [3.8, 4) is 11.5 Å². The highest BCUT2D eigenvalue weighted by Gasteiger charge is 2.18. The quantitative estimate of drug-likeness (QED) is 0.681. The van der Waals surface area contributed by atoms with Crippen LogP contribution in [0.3, 0.4) is 0 Å². The predicted octanol–water partition coefficient (Wildman–Crippen LogP) is 3.17. The maximum Gasteiger partial charge on any atom is 0.273 e. The fourth-order valence-corrected chi connectivity index (χ4v) is 2.64. The monoisotopic (exact) mass is 342 g/mol. The van der Waals surface area contributed by atoms with Gasteiger partial charge < -0.3 is 14.8 Å². The molecule has 25 heavy (non-hydrogen) atoms. The molecule has 7 nitrogen and oxygen atoms in total. The number of carbonyl (C=O) groups is 1. The van der Waals surface area contributed by atoms with Gasteiger partial charge in [0.05, 0.1) is 11.0 Å². The Bertz CT molecular complexity index is 834.